The summed E-state index contributed by atoms with van der Waals surface area (Å²) < 4.78 is 15.1. The molecule has 3 amide bonds. The molecule has 33 heavy (non-hydrogen) atoms. The molecular weight excluding hydrogens is 425 g/mol. The topological polar surface area (TPSA) is 95.5 Å². The van der Waals surface area contributed by atoms with Gasteiger partial charge in [-0.2, -0.15) is 0 Å². The molecule has 1 N–H and O–H groups in total. The van der Waals surface area contributed by atoms with E-state index in [1.54, 1.807) is 6.20 Å². The fourth-order valence-corrected chi connectivity index (χ4v) is 5.15. The Kier molecular flexibility index (Phi) is 5.65. The number of amides is 3. The maximum Gasteiger partial charge on any atom is 0.255 e. The van der Waals surface area contributed by atoms with E-state index in [4.69, 9.17) is 0 Å². The van der Waals surface area contributed by atoms with Crippen LogP contribution in [0.5, 0.6) is 0 Å². The second kappa shape index (κ2) is 8.62. The number of benzene rings is 1. The smallest absolute Gasteiger partial charge is 0.255 e. The standard InChI is InChI=1S/C24H26FN5O3/c1-14-26-7-4-17(27-14)13-29-8-5-15(6-9-29)18-10-16-12-30(24(33)19(16)11-20(18)25)21-2-3-22(31)28-23(21)32/h4,7,10-11,15,21H,2-3,5-6,8-9,12-13H2,1H3,(H,28,31,32). The highest BCUT2D eigenvalue weighted by Gasteiger charge is 2.40. The van der Waals surface area contributed by atoms with Crippen molar-refractivity contribution in [3.05, 3.63) is 58.4 Å². The lowest BCUT2D eigenvalue weighted by Crippen LogP contribution is -2.52. The molecule has 0 aliphatic carbocycles. The third kappa shape index (κ3) is 4.25. The van der Waals surface area contributed by atoms with E-state index in [1.807, 2.05) is 19.1 Å². The van der Waals surface area contributed by atoms with Crippen LogP contribution in [0.25, 0.3) is 0 Å². The summed E-state index contributed by atoms with van der Waals surface area (Å²) >= 11 is 0. The number of carbonyl (C=O) groups is 3. The van der Waals surface area contributed by atoms with Crippen LogP contribution in [0.15, 0.2) is 24.4 Å². The third-order valence-corrected chi connectivity index (χ3v) is 6.89. The number of nitrogens with zero attached hydrogens (tertiary/aromatic N) is 4. The third-order valence-electron chi connectivity index (χ3n) is 6.89. The van der Waals surface area contributed by atoms with Gasteiger partial charge in [-0.05, 0) is 68.5 Å². The second-order valence-corrected chi connectivity index (χ2v) is 9.08. The highest BCUT2D eigenvalue weighted by atomic mass is 19.1. The first-order valence-electron chi connectivity index (χ1n) is 11.4. The van der Waals surface area contributed by atoms with Crippen LogP contribution in [0.3, 0.4) is 0 Å². The molecule has 8 nitrogen and oxygen atoms in total. The van der Waals surface area contributed by atoms with Crippen LogP contribution in [-0.4, -0.2) is 56.6 Å². The van der Waals surface area contributed by atoms with Crippen molar-refractivity contribution in [1.82, 2.24) is 25.1 Å². The molecule has 172 valence electrons. The van der Waals surface area contributed by atoms with E-state index in [2.05, 4.69) is 20.2 Å². The van der Waals surface area contributed by atoms with Crippen LogP contribution < -0.4 is 5.32 Å². The molecule has 1 atom stereocenters. The summed E-state index contributed by atoms with van der Waals surface area (Å²) in [5.74, 6) is -0.659. The highest BCUT2D eigenvalue weighted by molar-refractivity contribution is 6.05. The fourth-order valence-electron chi connectivity index (χ4n) is 5.15. The van der Waals surface area contributed by atoms with Gasteiger partial charge in [0.05, 0.1) is 5.69 Å². The van der Waals surface area contributed by atoms with Crippen molar-refractivity contribution in [3.63, 3.8) is 0 Å². The van der Waals surface area contributed by atoms with Crippen LogP contribution in [0, 0.1) is 12.7 Å². The van der Waals surface area contributed by atoms with Gasteiger partial charge in [-0.25, -0.2) is 14.4 Å². The van der Waals surface area contributed by atoms with Crippen LogP contribution in [0.4, 0.5) is 4.39 Å². The van der Waals surface area contributed by atoms with Crippen molar-refractivity contribution in [2.24, 2.45) is 0 Å². The van der Waals surface area contributed by atoms with Gasteiger partial charge in [0.1, 0.15) is 17.7 Å². The van der Waals surface area contributed by atoms with Gasteiger partial charge in [-0.3, -0.25) is 24.6 Å². The molecule has 3 aliphatic rings. The van der Waals surface area contributed by atoms with E-state index in [0.29, 0.717) is 17.5 Å². The summed E-state index contributed by atoms with van der Waals surface area (Å²) in [6, 6.07) is 4.37. The largest absolute Gasteiger partial charge is 0.322 e. The second-order valence-electron chi connectivity index (χ2n) is 9.08. The van der Waals surface area contributed by atoms with Crippen molar-refractivity contribution in [3.8, 4) is 0 Å². The van der Waals surface area contributed by atoms with Crippen molar-refractivity contribution >= 4 is 17.7 Å². The van der Waals surface area contributed by atoms with Crippen molar-refractivity contribution in [2.75, 3.05) is 13.1 Å². The molecule has 1 unspecified atom stereocenters. The predicted molar refractivity (Wildman–Crippen MR) is 116 cm³/mol. The number of piperidine rings is 2. The summed E-state index contributed by atoms with van der Waals surface area (Å²) in [5.41, 5.74) is 2.69. The fraction of sp³-hybridized carbons (Fsp3) is 0.458. The van der Waals surface area contributed by atoms with Gasteiger partial charge in [-0.15, -0.1) is 0 Å². The highest BCUT2D eigenvalue weighted by Crippen LogP contribution is 2.35. The van der Waals surface area contributed by atoms with Crippen LogP contribution >= 0.6 is 0 Å². The van der Waals surface area contributed by atoms with Gasteiger partial charge < -0.3 is 4.90 Å². The number of hydrogen-bond acceptors (Lipinski definition) is 6. The maximum atomic E-state index is 15.1. The molecule has 2 saturated heterocycles. The molecule has 0 radical (unpaired) electrons. The molecule has 9 heteroatoms. The Morgan fingerprint density at radius 2 is 1.94 bits per heavy atom. The molecule has 5 rings (SSSR count). The number of aryl methyl sites for hydroxylation is 1. The number of aromatic nitrogens is 2. The number of rotatable bonds is 4. The molecule has 2 fully saturated rings. The minimum absolute atomic E-state index is 0.0819. The summed E-state index contributed by atoms with van der Waals surface area (Å²) in [6.07, 6.45) is 3.91. The first-order chi connectivity index (χ1) is 15.9. The minimum Gasteiger partial charge on any atom is -0.322 e. The van der Waals surface area contributed by atoms with E-state index in [-0.39, 0.29) is 36.5 Å². The summed E-state index contributed by atoms with van der Waals surface area (Å²) in [6.45, 7) is 4.56. The van der Waals surface area contributed by atoms with Crippen LogP contribution in [0.2, 0.25) is 0 Å². The quantitative estimate of drug-likeness (QED) is 0.715. The summed E-state index contributed by atoms with van der Waals surface area (Å²) in [5, 5.41) is 2.29. The first-order valence-corrected chi connectivity index (χ1v) is 11.4. The van der Waals surface area contributed by atoms with E-state index in [1.165, 1.54) is 11.0 Å². The Balaban J connectivity index is 1.27. The molecule has 0 spiro atoms. The molecule has 3 aliphatic heterocycles. The van der Waals surface area contributed by atoms with Gasteiger partial charge in [0, 0.05) is 31.3 Å². The van der Waals surface area contributed by atoms with Gasteiger partial charge in [-0.1, -0.05) is 6.07 Å². The average molecular weight is 452 g/mol. The summed E-state index contributed by atoms with van der Waals surface area (Å²) in [7, 11) is 0. The Labute approximate surface area is 191 Å². The zero-order chi connectivity index (χ0) is 23.1. The Morgan fingerprint density at radius 1 is 1.15 bits per heavy atom. The first kappa shape index (κ1) is 21.6. The monoisotopic (exact) mass is 451 g/mol. The lowest BCUT2D eigenvalue weighted by molar-refractivity contribution is -0.136. The number of imide groups is 1. The number of fused-ring (bicyclic) bond motifs is 1. The maximum absolute atomic E-state index is 15.1. The molecule has 0 bridgehead atoms. The zero-order valence-electron chi connectivity index (χ0n) is 18.5. The molecule has 0 saturated carbocycles. The molecular formula is C24H26FN5O3. The molecule has 1 aromatic carbocycles. The Hall–Kier alpha value is -3.20. The zero-order valence-corrected chi connectivity index (χ0v) is 18.5. The van der Waals surface area contributed by atoms with E-state index in [0.717, 1.165) is 49.6 Å². The van der Waals surface area contributed by atoms with E-state index < -0.39 is 11.9 Å². The van der Waals surface area contributed by atoms with Gasteiger partial charge in [0.25, 0.3) is 5.91 Å². The average Bonchev–Trinajstić information content (AvgIpc) is 3.09. The lowest BCUT2D eigenvalue weighted by Gasteiger charge is -2.32. The molecule has 4 heterocycles. The van der Waals surface area contributed by atoms with Crippen molar-refractivity contribution in [2.45, 2.75) is 57.7 Å². The van der Waals surface area contributed by atoms with Gasteiger partial charge >= 0.3 is 0 Å². The van der Waals surface area contributed by atoms with Gasteiger partial charge in [0.15, 0.2) is 0 Å². The molecule has 1 aromatic heterocycles. The van der Waals surface area contributed by atoms with E-state index in [9.17, 15) is 14.4 Å². The van der Waals surface area contributed by atoms with Gasteiger partial charge in [0.2, 0.25) is 11.8 Å². The SMILES string of the molecule is Cc1nccc(CN2CCC(c3cc4c(cc3F)C(=O)N(C3CCC(=O)NC3=O)C4)CC2)n1. The number of carbonyl (C=O) groups excluding carboxylic acids is 3. The van der Waals surface area contributed by atoms with Crippen LogP contribution in [0.1, 0.15) is 64.6 Å². The number of likely N-dealkylation sites (tertiary alicyclic amines) is 1. The number of nitrogens with one attached hydrogen (secondary N) is 1. The Bertz CT molecular complexity index is 1130. The van der Waals surface area contributed by atoms with Crippen molar-refractivity contribution < 1.29 is 18.8 Å². The predicted octanol–water partition coefficient (Wildman–Crippen LogP) is 2.06. The lowest BCUT2D eigenvalue weighted by atomic mass is 9.87. The summed E-state index contributed by atoms with van der Waals surface area (Å²) in [4.78, 5) is 48.9. The van der Waals surface area contributed by atoms with Crippen LogP contribution in [-0.2, 0) is 22.7 Å². The normalized spacial score (nSPS) is 21.9. The van der Waals surface area contributed by atoms with Crippen molar-refractivity contribution in [1.29, 1.82) is 0 Å². The number of halogens is 1. The Morgan fingerprint density at radius 3 is 2.67 bits per heavy atom. The van der Waals surface area contributed by atoms with E-state index >= 15 is 4.39 Å². The molecule has 2 aromatic rings. The number of hydrogen-bond donors (Lipinski definition) is 1. The minimum atomic E-state index is -0.692.